The largest absolute Gasteiger partial charge is 0.507 e. The Kier molecular flexibility index (Phi) is 2.20. The van der Waals surface area contributed by atoms with E-state index in [4.69, 9.17) is 0 Å². The van der Waals surface area contributed by atoms with Crippen molar-refractivity contribution in [3.63, 3.8) is 0 Å². The van der Waals surface area contributed by atoms with Crippen LogP contribution in [-0.2, 0) is 0 Å². The quantitative estimate of drug-likeness (QED) is 0.671. The number of hydrogen-bond acceptors (Lipinski definition) is 1. The fourth-order valence-corrected chi connectivity index (χ4v) is 1.91. The van der Waals surface area contributed by atoms with Gasteiger partial charge in [-0.1, -0.05) is 48.2 Å². The summed E-state index contributed by atoms with van der Waals surface area (Å²) in [6, 6.07) is 15.4. The predicted octanol–water partition coefficient (Wildman–Crippen LogP) is 3.46. The molecule has 0 amide bonds. The normalized spacial score (nSPS) is 15.2. The van der Waals surface area contributed by atoms with Crippen LogP contribution in [0, 0.1) is 11.8 Å². The molecule has 3 rings (SSSR count). The summed E-state index contributed by atoms with van der Waals surface area (Å²) in [5.74, 6) is 6.50. The van der Waals surface area contributed by atoms with Crippen molar-refractivity contribution in [1.82, 2.24) is 0 Å². The van der Waals surface area contributed by atoms with E-state index in [0.29, 0.717) is 0 Å². The van der Waals surface area contributed by atoms with Gasteiger partial charge >= 0.3 is 0 Å². The zero-order valence-corrected chi connectivity index (χ0v) is 9.14. The van der Waals surface area contributed by atoms with Gasteiger partial charge in [0.1, 0.15) is 5.76 Å². The van der Waals surface area contributed by atoms with Crippen molar-refractivity contribution in [3.05, 3.63) is 70.8 Å². The Labute approximate surface area is 100 Å². The standard InChI is InChI=1S/C16H10O/c17-16-11-14-7-2-1-5-12(14)9-10-13-6-3-4-8-15(13)16/h1-8,11,17H/b14-11?,16-11+,16-15?. The van der Waals surface area contributed by atoms with Gasteiger partial charge in [0.2, 0.25) is 0 Å². The third-order valence-corrected chi connectivity index (χ3v) is 2.79. The first-order chi connectivity index (χ1) is 8.34. The van der Waals surface area contributed by atoms with Crippen molar-refractivity contribution >= 4 is 11.8 Å². The Morgan fingerprint density at radius 1 is 0.765 bits per heavy atom. The highest BCUT2D eigenvalue weighted by molar-refractivity contribution is 5.82. The molecule has 1 N–H and O–H groups in total. The molecule has 80 valence electrons. The van der Waals surface area contributed by atoms with Crippen LogP contribution in [0.15, 0.2) is 48.5 Å². The minimum Gasteiger partial charge on any atom is -0.507 e. The lowest BCUT2D eigenvalue weighted by atomic mass is 9.99. The Morgan fingerprint density at radius 3 is 2.29 bits per heavy atom. The highest BCUT2D eigenvalue weighted by atomic mass is 16.3. The Balaban J connectivity index is 2.30. The van der Waals surface area contributed by atoms with Gasteiger partial charge in [-0.25, -0.2) is 0 Å². The molecule has 0 spiro atoms. The molecule has 0 aliphatic heterocycles. The SMILES string of the molecule is O/C1=C/c2ccccc2C#Cc2ccccc21. The van der Waals surface area contributed by atoms with Crippen LogP contribution in [-0.4, -0.2) is 5.11 Å². The van der Waals surface area contributed by atoms with Crippen molar-refractivity contribution in [3.8, 4) is 11.8 Å². The smallest absolute Gasteiger partial charge is 0.124 e. The molecule has 0 atom stereocenters. The summed E-state index contributed by atoms with van der Waals surface area (Å²) < 4.78 is 0. The number of aliphatic hydroxyl groups is 1. The first kappa shape index (κ1) is 9.74. The summed E-state index contributed by atoms with van der Waals surface area (Å²) in [6.45, 7) is 0. The van der Waals surface area contributed by atoms with Crippen LogP contribution < -0.4 is 0 Å². The second kappa shape index (κ2) is 3.84. The van der Waals surface area contributed by atoms with Crippen LogP contribution in [0.2, 0.25) is 0 Å². The molecule has 0 saturated carbocycles. The lowest BCUT2D eigenvalue weighted by Gasteiger charge is -2.07. The summed E-state index contributed by atoms with van der Waals surface area (Å²) in [5, 5.41) is 10.1. The Bertz CT molecular complexity index is 669. The highest BCUT2D eigenvalue weighted by Crippen LogP contribution is 2.22. The summed E-state index contributed by atoms with van der Waals surface area (Å²) in [5.41, 5.74) is 3.53. The molecule has 0 heterocycles. The fourth-order valence-electron chi connectivity index (χ4n) is 1.91. The molecule has 0 bridgehead atoms. The molecule has 2 aromatic carbocycles. The molecule has 0 radical (unpaired) electrons. The van der Waals surface area contributed by atoms with Gasteiger partial charge < -0.3 is 5.11 Å². The monoisotopic (exact) mass is 218 g/mol. The summed E-state index contributed by atoms with van der Waals surface area (Å²) in [6.07, 6.45) is 1.77. The van der Waals surface area contributed by atoms with Gasteiger partial charge in [0, 0.05) is 16.7 Å². The number of rotatable bonds is 0. The lowest BCUT2D eigenvalue weighted by molar-refractivity contribution is 0.515. The molecular weight excluding hydrogens is 208 g/mol. The number of aliphatic hydroxyl groups excluding tert-OH is 1. The van der Waals surface area contributed by atoms with Crippen LogP contribution >= 0.6 is 0 Å². The average molecular weight is 218 g/mol. The predicted molar refractivity (Wildman–Crippen MR) is 69.4 cm³/mol. The summed E-state index contributed by atoms with van der Waals surface area (Å²) >= 11 is 0. The second-order valence-corrected chi connectivity index (χ2v) is 3.91. The maximum atomic E-state index is 10.1. The highest BCUT2D eigenvalue weighted by Gasteiger charge is 2.07. The molecule has 1 nitrogen and oxygen atoms in total. The van der Waals surface area contributed by atoms with Crippen LogP contribution in [0.25, 0.3) is 11.8 Å². The lowest BCUT2D eigenvalue weighted by Crippen LogP contribution is -1.93. The maximum absolute atomic E-state index is 10.1. The second-order valence-electron chi connectivity index (χ2n) is 3.91. The molecule has 0 unspecified atom stereocenters. The molecule has 1 heteroatoms. The van der Waals surface area contributed by atoms with Crippen LogP contribution in [0.1, 0.15) is 22.3 Å². The first-order valence-corrected chi connectivity index (χ1v) is 5.46. The van der Waals surface area contributed by atoms with E-state index in [-0.39, 0.29) is 5.76 Å². The maximum Gasteiger partial charge on any atom is 0.124 e. The van der Waals surface area contributed by atoms with E-state index in [2.05, 4.69) is 11.8 Å². The van der Waals surface area contributed by atoms with E-state index < -0.39 is 0 Å². The van der Waals surface area contributed by atoms with E-state index in [1.807, 2.05) is 48.5 Å². The Hall–Kier alpha value is -2.46. The van der Waals surface area contributed by atoms with Gasteiger partial charge in [0.15, 0.2) is 0 Å². The number of hydrogen-bond donors (Lipinski definition) is 1. The zero-order valence-electron chi connectivity index (χ0n) is 9.14. The summed E-state index contributed by atoms with van der Waals surface area (Å²) in [7, 11) is 0. The van der Waals surface area contributed by atoms with Crippen LogP contribution in [0.3, 0.4) is 0 Å². The molecular formula is C16H10O. The van der Waals surface area contributed by atoms with Crippen LogP contribution in [0.4, 0.5) is 0 Å². The zero-order chi connectivity index (χ0) is 11.7. The van der Waals surface area contributed by atoms with Gasteiger partial charge in [-0.05, 0) is 23.8 Å². The number of fused-ring (bicyclic) bond motifs is 2. The Morgan fingerprint density at radius 2 is 1.41 bits per heavy atom. The van der Waals surface area contributed by atoms with Gasteiger partial charge in [-0.2, -0.15) is 0 Å². The minimum absolute atomic E-state index is 0.266. The summed E-state index contributed by atoms with van der Waals surface area (Å²) in [4.78, 5) is 0. The molecule has 0 aromatic heterocycles. The first-order valence-electron chi connectivity index (χ1n) is 5.46. The van der Waals surface area contributed by atoms with Crippen molar-refractivity contribution in [2.75, 3.05) is 0 Å². The van der Waals surface area contributed by atoms with Crippen molar-refractivity contribution in [2.45, 2.75) is 0 Å². The van der Waals surface area contributed by atoms with Gasteiger partial charge in [-0.15, -0.1) is 0 Å². The van der Waals surface area contributed by atoms with Gasteiger partial charge in [-0.3, -0.25) is 0 Å². The molecule has 17 heavy (non-hydrogen) atoms. The van der Waals surface area contributed by atoms with E-state index >= 15 is 0 Å². The average Bonchev–Trinajstić information content (AvgIpc) is 2.36. The van der Waals surface area contributed by atoms with Crippen LogP contribution in [0.5, 0.6) is 0 Å². The van der Waals surface area contributed by atoms with Gasteiger partial charge in [0.25, 0.3) is 0 Å². The van der Waals surface area contributed by atoms with Crippen molar-refractivity contribution in [1.29, 1.82) is 0 Å². The van der Waals surface area contributed by atoms with E-state index in [1.165, 1.54) is 0 Å². The minimum atomic E-state index is 0.266. The molecule has 1 aliphatic carbocycles. The fraction of sp³-hybridized carbons (Fsp3) is 0. The molecule has 2 aromatic rings. The topological polar surface area (TPSA) is 20.2 Å². The molecule has 0 fully saturated rings. The van der Waals surface area contributed by atoms with E-state index in [1.54, 1.807) is 6.08 Å². The van der Waals surface area contributed by atoms with E-state index in [9.17, 15) is 5.11 Å². The molecule has 1 aliphatic rings. The van der Waals surface area contributed by atoms with Crippen molar-refractivity contribution in [2.24, 2.45) is 0 Å². The number of benzene rings is 2. The third-order valence-electron chi connectivity index (χ3n) is 2.79. The van der Waals surface area contributed by atoms with Crippen molar-refractivity contribution < 1.29 is 5.11 Å². The van der Waals surface area contributed by atoms with E-state index in [0.717, 1.165) is 22.3 Å². The third kappa shape index (κ3) is 1.70. The molecule has 0 saturated heterocycles. The van der Waals surface area contributed by atoms with Gasteiger partial charge in [0.05, 0.1) is 0 Å².